The first-order valence-corrected chi connectivity index (χ1v) is 9.63. The zero-order valence-electron chi connectivity index (χ0n) is 15.6. The molecule has 0 spiro atoms. The number of hydrogen-bond donors (Lipinski definition) is 2. The van der Waals surface area contributed by atoms with Gasteiger partial charge in [0.15, 0.2) is 0 Å². The normalized spacial score (nSPS) is 10.9. The highest BCUT2D eigenvalue weighted by Gasteiger charge is 2.20. The Morgan fingerprint density at radius 1 is 1.00 bits per heavy atom. The summed E-state index contributed by atoms with van der Waals surface area (Å²) in [6, 6.07) is 20.2. The summed E-state index contributed by atoms with van der Waals surface area (Å²) in [6.45, 7) is 0. The van der Waals surface area contributed by atoms with Crippen molar-refractivity contribution in [1.82, 2.24) is 4.98 Å². The molecule has 2 aromatic carbocycles. The third-order valence-corrected chi connectivity index (χ3v) is 5.80. The topological polar surface area (TPSA) is 85.2 Å². The number of amides is 1. The van der Waals surface area contributed by atoms with Crippen molar-refractivity contribution in [1.29, 1.82) is 0 Å². The molecule has 0 radical (unpaired) electrons. The predicted octanol–water partition coefficient (Wildman–Crippen LogP) is 4.38. The molecule has 0 saturated carbocycles. The maximum Gasteiger partial charge on any atom is 0.260 e. The van der Waals surface area contributed by atoms with Crippen LogP contribution in [0.2, 0.25) is 0 Å². The van der Waals surface area contributed by atoms with Gasteiger partial charge in [0.1, 0.15) is 9.71 Å². The average molecular weight is 388 g/mol. The highest BCUT2D eigenvalue weighted by atomic mass is 32.1. The minimum Gasteiger partial charge on any atom is -0.397 e. The SMILES string of the molecule is CN(C)c1ccc(-c2cc(-c3ccccc3)nc3sc(C(N)=O)c(N)c23)cc1. The number of rotatable bonds is 4. The molecule has 28 heavy (non-hydrogen) atoms. The molecule has 4 rings (SSSR count). The Morgan fingerprint density at radius 2 is 1.68 bits per heavy atom. The number of thiophene rings is 1. The largest absolute Gasteiger partial charge is 0.397 e. The van der Waals surface area contributed by atoms with Crippen molar-refractivity contribution in [3.05, 3.63) is 65.5 Å². The van der Waals surface area contributed by atoms with Gasteiger partial charge in [-0.15, -0.1) is 11.3 Å². The number of benzene rings is 2. The summed E-state index contributed by atoms with van der Waals surface area (Å²) in [5.41, 5.74) is 17.1. The molecule has 0 aliphatic carbocycles. The summed E-state index contributed by atoms with van der Waals surface area (Å²) in [7, 11) is 4.01. The second-order valence-electron chi connectivity index (χ2n) is 6.75. The number of carbonyl (C=O) groups is 1. The lowest BCUT2D eigenvalue weighted by molar-refractivity contribution is 0.100. The fraction of sp³-hybridized carbons (Fsp3) is 0.0909. The lowest BCUT2D eigenvalue weighted by Crippen LogP contribution is -2.10. The van der Waals surface area contributed by atoms with Crippen molar-refractivity contribution in [3.8, 4) is 22.4 Å². The number of primary amides is 1. The quantitative estimate of drug-likeness (QED) is 0.543. The van der Waals surface area contributed by atoms with Crippen molar-refractivity contribution in [2.45, 2.75) is 0 Å². The molecule has 0 aliphatic rings. The van der Waals surface area contributed by atoms with Crippen LogP contribution in [0, 0.1) is 0 Å². The number of fused-ring (bicyclic) bond motifs is 1. The molecule has 0 atom stereocenters. The summed E-state index contributed by atoms with van der Waals surface area (Å²) in [5.74, 6) is -0.532. The maximum absolute atomic E-state index is 11.8. The Kier molecular flexibility index (Phi) is 4.49. The highest BCUT2D eigenvalue weighted by Crippen LogP contribution is 2.41. The first kappa shape index (κ1) is 18.0. The summed E-state index contributed by atoms with van der Waals surface area (Å²) >= 11 is 1.24. The van der Waals surface area contributed by atoms with Crippen LogP contribution < -0.4 is 16.4 Å². The lowest BCUT2D eigenvalue weighted by Gasteiger charge is -2.14. The molecule has 140 valence electrons. The first-order valence-electron chi connectivity index (χ1n) is 8.81. The Hall–Kier alpha value is -3.38. The lowest BCUT2D eigenvalue weighted by atomic mass is 9.99. The first-order chi connectivity index (χ1) is 13.5. The van der Waals surface area contributed by atoms with E-state index in [1.54, 1.807) is 0 Å². The van der Waals surface area contributed by atoms with Crippen LogP contribution in [0.25, 0.3) is 32.6 Å². The van der Waals surface area contributed by atoms with E-state index in [9.17, 15) is 4.79 Å². The van der Waals surface area contributed by atoms with Gasteiger partial charge < -0.3 is 16.4 Å². The predicted molar refractivity (Wildman–Crippen MR) is 118 cm³/mol. The molecule has 0 fully saturated rings. The summed E-state index contributed by atoms with van der Waals surface area (Å²) in [6.07, 6.45) is 0. The molecule has 4 N–H and O–H groups in total. The van der Waals surface area contributed by atoms with E-state index >= 15 is 0 Å². The minimum atomic E-state index is -0.532. The Morgan fingerprint density at radius 3 is 2.29 bits per heavy atom. The molecule has 0 saturated heterocycles. The number of anilines is 2. The van der Waals surface area contributed by atoms with Crippen LogP contribution in [0.3, 0.4) is 0 Å². The molecular weight excluding hydrogens is 368 g/mol. The van der Waals surface area contributed by atoms with Crippen molar-refractivity contribution >= 4 is 38.8 Å². The Bertz CT molecular complexity index is 1160. The van der Waals surface area contributed by atoms with E-state index in [1.165, 1.54) is 11.3 Å². The maximum atomic E-state index is 11.8. The van der Waals surface area contributed by atoms with E-state index in [-0.39, 0.29) is 0 Å². The van der Waals surface area contributed by atoms with Crippen molar-refractivity contribution < 1.29 is 4.79 Å². The van der Waals surface area contributed by atoms with Crippen LogP contribution in [0.4, 0.5) is 11.4 Å². The fourth-order valence-corrected chi connectivity index (χ4v) is 4.20. The van der Waals surface area contributed by atoms with Crippen LogP contribution in [0.15, 0.2) is 60.7 Å². The number of aromatic nitrogens is 1. The van der Waals surface area contributed by atoms with Gasteiger partial charge in [0.25, 0.3) is 5.91 Å². The third-order valence-electron chi connectivity index (χ3n) is 4.69. The molecule has 2 heterocycles. The standard InChI is InChI=1S/C22H20N4OS/c1-26(2)15-10-8-13(9-11-15)16-12-17(14-6-4-3-5-7-14)25-22-18(16)19(23)20(28-22)21(24)27/h3-12H,23H2,1-2H3,(H2,24,27). The summed E-state index contributed by atoms with van der Waals surface area (Å²) in [4.78, 5) is 19.7. The van der Waals surface area contributed by atoms with E-state index in [1.807, 2.05) is 55.4 Å². The van der Waals surface area contributed by atoms with E-state index in [2.05, 4.69) is 24.3 Å². The van der Waals surface area contributed by atoms with Crippen LogP contribution >= 0.6 is 11.3 Å². The van der Waals surface area contributed by atoms with Gasteiger partial charge >= 0.3 is 0 Å². The van der Waals surface area contributed by atoms with Crippen LogP contribution in [-0.2, 0) is 0 Å². The van der Waals surface area contributed by atoms with Gasteiger partial charge in [-0.25, -0.2) is 4.98 Å². The van der Waals surface area contributed by atoms with Crippen LogP contribution in [0.1, 0.15) is 9.67 Å². The second kappa shape index (κ2) is 6.98. The van der Waals surface area contributed by atoms with Gasteiger partial charge in [-0.3, -0.25) is 4.79 Å². The van der Waals surface area contributed by atoms with Gasteiger partial charge in [0.2, 0.25) is 0 Å². The van der Waals surface area contributed by atoms with Gasteiger partial charge in [-0.1, -0.05) is 42.5 Å². The van der Waals surface area contributed by atoms with Crippen LogP contribution in [-0.4, -0.2) is 25.0 Å². The molecule has 0 aliphatic heterocycles. The third kappa shape index (κ3) is 3.08. The number of hydrogen-bond acceptors (Lipinski definition) is 5. The van der Waals surface area contributed by atoms with Crippen LogP contribution in [0.5, 0.6) is 0 Å². The second-order valence-corrected chi connectivity index (χ2v) is 7.75. The van der Waals surface area contributed by atoms with Gasteiger partial charge in [0, 0.05) is 30.7 Å². The number of nitrogens with two attached hydrogens (primary N) is 2. The van der Waals surface area contributed by atoms with Crippen molar-refractivity contribution in [2.24, 2.45) is 5.73 Å². The van der Waals surface area contributed by atoms with E-state index < -0.39 is 5.91 Å². The van der Waals surface area contributed by atoms with Gasteiger partial charge in [0.05, 0.1) is 11.4 Å². The average Bonchev–Trinajstić information content (AvgIpc) is 3.05. The van der Waals surface area contributed by atoms with E-state index in [0.29, 0.717) is 15.4 Å². The molecule has 0 unspecified atom stereocenters. The monoisotopic (exact) mass is 388 g/mol. The van der Waals surface area contributed by atoms with Gasteiger partial charge in [-0.2, -0.15) is 0 Å². The molecule has 2 aromatic heterocycles. The summed E-state index contributed by atoms with van der Waals surface area (Å²) < 4.78 is 0. The molecule has 4 aromatic rings. The highest BCUT2D eigenvalue weighted by molar-refractivity contribution is 7.21. The number of pyridine rings is 1. The van der Waals surface area contributed by atoms with Crippen molar-refractivity contribution in [2.75, 3.05) is 24.7 Å². The number of carbonyl (C=O) groups excluding carboxylic acids is 1. The zero-order chi connectivity index (χ0) is 19.8. The Balaban J connectivity index is 2.00. The number of nitrogen functional groups attached to an aromatic ring is 1. The zero-order valence-corrected chi connectivity index (χ0v) is 16.5. The van der Waals surface area contributed by atoms with E-state index in [4.69, 9.17) is 16.5 Å². The molecule has 5 nitrogen and oxygen atoms in total. The molecular formula is C22H20N4OS. The van der Waals surface area contributed by atoms with Gasteiger partial charge in [-0.05, 0) is 29.3 Å². The molecule has 0 bridgehead atoms. The molecule has 6 heteroatoms. The molecule has 1 amide bonds. The minimum absolute atomic E-state index is 0.346. The Labute approximate surface area is 167 Å². The fourth-order valence-electron chi connectivity index (χ4n) is 3.23. The number of nitrogens with zero attached hydrogens (tertiary/aromatic N) is 2. The summed E-state index contributed by atoms with van der Waals surface area (Å²) in [5, 5.41) is 0.774. The van der Waals surface area contributed by atoms with Crippen molar-refractivity contribution in [3.63, 3.8) is 0 Å². The smallest absolute Gasteiger partial charge is 0.260 e. The van der Waals surface area contributed by atoms with E-state index in [0.717, 1.165) is 33.5 Å².